The molecule has 19 heavy (non-hydrogen) atoms. The Balaban J connectivity index is 2.18. The Kier molecular flexibility index (Phi) is 5.59. The van der Waals surface area contributed by atoms with Crippen LogP contribution in [0.1, 0.15) is 22.7 Å². The highest BCUT2D eigenvalue weighted by molar-refractivity contribution is 7.84. The standard InChI is InChI=1S/C13H16ClNOS3/c1-9(8-19(2)16)15-13(10-4-3-7-17-10)11-5-6-12(14)18-11/h3-7,9,13,15H,8H2,1-2H3. The smallest absolute Gasteiger partial charge is 0.0931 e. The van der Waals surface area contributed by atoms with Gasteiger partial charge in [0.05, 0.1) is 10.4 Å². The number of thiophene rings is 2. The van der Waals surface area contributed by atoms with Crippen molar-refractivity contribution in [3.63, 3.8) is 0 Å². The number of hydrogen-bond donors (Lipinski definition) is 1. The zero-order valence-corrected chi connectivity index (χ0v) is 14.0. The van der Waals surface area contributed by atoms with E-state index >= 15 is 0 Å². The molecule has 0 saturated heterocycles. The van der Waals surface area contributed by atoms with Gasteiger partial charge in [-0.05, 0) is 30.5 Å². The van der Waals surface area contributed by atoms with Crippen molar-refractivity contribution in [2.24, 2.45) is 0 Å². The van der Waals surface area contributed by atoms with Crippen molar-refractivity contribution in [2.75, 3.05) is 12.0 Å². The van der Waals surface area contributed by atoms with E-state index in [1.54, 1.807) is 28.9 Å². The molecule has 104 valence electrons. The van der Waals surface area contributed by atoms with Crippen LogP contribution >= 0.6 is 34.3 Å². The summed E-state index contributed by atoms with van der Waals surface area (Å²) in [6, 6.07) is 8.47. The zero-order chi connectivity index (χ0) is 13.8. The molecule has 0 aliphatic heterocycles. The lowest BCUT2D eigenvalue weighted by molar-refractivity contribution is 0.540. The summed E-state index contributed by atoms with van der Waals surface area (Å²) in [5, 5.41) is 5.62. The Morgan fingerprint density at radius 1 is 1.37 bits per heavy atom. The second kappa shape index (κ2) is 6.99. The molecule has 0 spiro atoms. The molecule has 6 heteroatoms. The summed E-state index contributed by atoms with van der Waals surface area (Å²) in [7, 11) is -0.792. The highest BCUT2D eigenvalue weighted by atomic mass is 35.5. The molecule has 0 aliphatic carbocycles. The first kappa shape index (κ1) is 15.2. The largest absolute Gasteiger partial charge is 0.301 e. The van der Waals surface area contributed by atoms with E-state index in [0.29, 0.717) is 5.75 Å². The molecule has 3 unspecified atom stereocenters. The summed E-state index contributed by atoms with van der Waals surface area (Å²) in [6.07, 6.45) is 1.74. The molecule has 0 amide bonds. The van der Waals surface area contributed by atoms with Crippen molar-refractivity contribution in [1.29, 1.82) is 0 Å². The van der Waals surface area contributed by atoms with E-state index in [-0.39, 0.29) is 12.1 Å². The molecule has 2 heterocycles. The summed E-state index contributed by atoms with van der Waals surface area (Å²) < 4.78 is 12.1. The van der Waals surface area contributed by atoms with E-state index in [9.17, 15) is 4.21 Å². The van der Waals surface area contributed by atoms with E-state index in [2.05, 4.69) is 29.8 Å². The summed E-state index contributed by atoms with van der Waals surface area (Å²) in [4.78, 5) is 2.45. The molecule has 2 nitrogen and oxygen atoms in total. The molecular weight excluding hydrogens is 318 g/mol. The Morgan fingerprint density at radius 2 is 2.16 bits per heavy atom. The van der Waals surface area contributed by atoms with Crippen LogP contribution in [-0.4, -0.2) is 22.3 Å². The molecule has 1 N–H and O–H groups in total. The maximum Gasteiger partial charge on any atom is 0.0931 e. The fourth-order valence-electron chi connectivity index (χ4n) is 1.93. The van der Waals surface area contributed by atoms with Crippen LogP contribution in [0.15, 0.2) is 29.6 Å². The van der Waals surface area contributed by atoms with E-state index < -0.39 is 10.8 Å². The Morgan fingerprint density at radius 3 is 2.68 bits per heavy atom. The van der Waals surface area contributed by atoms with Crippen molar-refractivity contribution in [2.45, 2.75) is 19.0 Å². The predicted octanol–water partition coefficient (Wildman–Crippen LogP) is 3.91. The van der Waals surface area contributed by atoms with Gasteiger partial charge in [0.1, 0.15) is 0 Å². The summed E-state index contributed by atoms with van der Waals surface area (Å²) >= 11 is 9.34. The third kappa shape index (κ3) is 4.39. The van der Waals surface area contributed by atoms with Crippen molar-refractivity contribution in [1.82, 2.24) is 5.32 Å². The molecule has 2 rings (SSSR count). The van der Waals surface area contributed by atoms with Crippen molar-refractivity contribution in [3.05, 3.63) is 43.7 Å². The van der Waals surface area contributed by atoms with Gasteiger partial charge in [-0.2, -0.15) is 0 Å². The summed E-state index contributed by atoms with van der Waals surface area (Å²) in [5.74, 6) is 0.654. The molecule has 0 saturated carbocycles. The Labute approximate surface area is 129 Å². The molecule has 0 bridgehead atoms. The first-order valence-corrected chi connectivity index (χ1v) is 9.71. The highest BCUT2D eigenvalue weighted by Crippen LogP contribution is 2.33. The minimum Gasteiger partial charge on any atom is -0.301 e. The van der Waals surface area contributed by atoms with Crippen molar-refractivity contribution >= 4 is 45.1 Å². The van der Waals surface area contributed by atoms with Crippen LogP contribution in [-0.2, 0) is 10.8 Å². The van der Waals surface area contributed by atoms with Gasteiger partial charge in [0.25, 0.3) is 0 Å². The SMILES string of the molecule is CC(CS(C)=O)NC(c1cccs1)c1ccc(Cl)s1. The van der Waals surface area contributed by atoms with Gasteiger partial charge in [-0.15, -0.1) is 22.7 Å². The Hall–Kier alpha value is -0.200. The van der Waals surface area contributed by atoms with Gasteiger partial charge >= 0.3 is 0 Å². The zero-order valence-electron chi connectivity index (χ0n) is 10.8. The van der Waals surface area contributed by atoms with Gasteiger partial charge in [0, 0.05) is 38.6 Å². The minimum absolute atomic E-state index is 0.135. The first-order valence-electron chi connectivity index (χ1n) is 5.91. The van der Waals surface area contributed by atoms with Crippen LogP contribution in [0.2, 0.25) is 4.34 Å². The first-order chi connectivity index (χ1) is 9.06. The van der Waals surface area contributed by atoms with Gasteiger partial charge in [-0.3, -0.25) is 4.21 Å². The average Bonchev–Trinajstić information content (AvgIpc) is 2.95. The van der Waals surface area contributed by atoms with Gasteiger partial charge < -0.3 is 5.32 Å². The molecule has 3 atom stereocenters. The van der Waals surface area contributed by atoms with E-state index in [4.69, 9.17) is 11.6 Å². The summed E-state index contributed by atoms with van der Waals surface area (Å²) in [6.45, 7) is 2.07. The fourth-order valence-corrected chi connectivity index (χ4v) is 4.75. The maximum absolute atomic E-state index is 11.3. The third-order valence-electron chi connectivity index (χ3n) is 2.64. The van der Waals surface area contributed by atoms with Gasteiger partial charge in [0.15, 0.2) is 0 Å². The van der Waals surface area contributed by atoms with Gasteiger partial charge in [-0.25, -0.2) is 0 Å². The average molecular weight is 334 g/mol. The lowest BCUT2D eigenvalue weighted by Crippen LogP contribution is -2.34. The second-order valence-electron chi connectivity index (χ2n) is 4.40. The lowest BCUT2D eigenvalue weighted by Gasteiger charge is -2.21. The molecular formula is C13H16ClNOS3. The van der Waals surface area contributed by atoms with Crippen molar-refractivity contribution in [3.8, 4) is 0 Å². The maximum atomic E-state index is 11.3. The number of hydrogen-bond acceptors (Lipinski definition) is 4. The van der Waals surface area contributed by atoms with Crippen LogP contribution in [0, 0.1) is 0 Å². The number of nitrogens with one attached hydrogen (secondary N) is 1. The topological polar surface area (TPSA) is 29.1 Å². The van der Waals surface area contributed by atoms with E-state index in [1.165, 1.54) is 9.75 Å². The quantitative estimate of drug-likeness (QED) is 0.868. The molecule has 0 aliphatic rings. The van der Waals surface area contributed by atoms with E-state index in [0.717, 1.165) is 4.34 Å². The number of rotatable bonds is 6. The predicted molar refractivity (Wildman–Crippen MR) is 87.0 cm³/mol. The van der Waals surface area contributed by atoms with Crippen LogP contribution in [0.3, 0.4) is 0 Å². The minimum atomic E-state index is -0.792. The molecule has 0 aromatic carbocycles. The third-order valence-corrected chi connectivity index (χ3v) is 5.84. The second-order valence-corrected chi connectivity index (χ2v) is 8.60. The molecule has 0 radical (unpaired) electrons. The van der Waals surface area contributed by atoms with Gasteiger partial charge in [-0.1, -0.05) is 17.7 Å². The van der Waals surface area contributed by atoms with Gasteiger partial charge in [0.2, 0.25) is 0 Å². The van der Waals surface area contributed by atoms with Crippen LogP contribution in [0.25, 0.3) is 0 Å². The van der Waals surface area contributed by atoms with Crippen LogP contribution in [0.5, 0.6) is 0 Å². The van der Waals surface area contributed by atoms with E-state index in [1.807, 2.05) is 12.1 Å². The molecule has 2 aromatic heterocycles. The molecule has 0 fully saturated rings. The van der Waals surface area contributed by atoms with Crippen LogP contribution < -0.4 is 5.32 Å². The molecule has 2 aromatic rings. The normalized spacial score (nSPS) is 16.2. The summed E-state index contributed by atoms with van der Waals surface area (Å²) in [5.41, 5.74) is 0. The Bertz CT molecular complexity index is 538. The van der Waals surface area contributed by atoms with Crippen molar-refractivity contribution < 1.29 is 4.21 Å². The fraction of sp³-hybridized carbons (Fsp3) is 0.385. The van der Waals surface area contributed by atoms with Crippen LogP contribution in [0.4, 0.5) is 0 Å². The number of halogens is 1. The highest BCUT2D eigenvalue weighted by Gasteiger charge is 2.19. The lowest BCUT2D eigenvalue weighted by atomic mass is 10.2. The monoisotopic (exact) mass is 333 g/mol.